The van der Waals surface area contributed by atoms with Crippen LogP contribution >= 0.6 is 11.6 Å². The number of carbonyl (C=O) groups excluding carboxylic acids is 3. The summed E-state index contributed by atoms with van der Waals surface area (Å²) in [5, 5.41) is 1.54. The van der Waals surface area contributed by atoms with Gasteiger partial charge in [0.05, 0.1) is 5.69 Å². The van der Waals surface area contributed by atoms with E-state index in [4.69, 9.17) is 22.1 Å². The van der Waals surface area contributed by atoms with Gasteiger partial charge in [-0.25, -0.2) is 5.01 Å². The summed E-state index contributed by atoms with van der Waals surface area (Å²) in [5.41, 5.74) is 8.41. The van der Waals surface area contributed by atoms with Crippen LogP contribution in [0.3, 0.4) is 0 Å². The summed E-state index contributed by atoms with van der Waals surface area (Å²) in [6, 6.07) is 13.3. The van der Waals surface area contributed by atoms with Gasteiger partial charge in [0.1, 0.15) is 11.3 Å². The third-order valence-corrected chi connectivity index (χ3v) is 3.78. The van der Waals surface area contributed by atoms with E-state index in [-0.39, 0.29) is 17.9 Å². The highest BCUT2D eigenvalue weighted by atomic mass is 35.5. The van der Waals surface area contributed by atoms with Gasteiger partial charge < -0.3 is 10.5 Å². The first-order valence-corrected chi connectivity index (χ1v) is 7.96. The Morgan fingerprint density at radius 2 is 1.92 bits per heavy atom. The maximum Gasteiger partial charge on any atom is 0.282 e. The number of ether oxygens (including phenoxy) is 1. The van der Waals surface area contributed by atoms with Crippen molar-refractivity contribution in [3.05, 3.63) is 64.7 Å². The number of halogens is 1. The van der Waals surface area contributed by atoms with E-state index in [1.807, 2.05) is 0 Å². The second-order valence-electron chi connectivity index (χ2n) is 5.41. The van der Waals surface area contributed by atoms with Crippen molar-refractivity contribution in [1.29, 1.82) is 0 Å². The van der Waals surface area contributed by atoms with E-state index >= 15 is 0 Å². The summed E-state index contributed by atoms with van der Waals surface area (Å²) < 4.78 is 5.31. The summed E-state index contributed by atoms with van der Waals surface area (Å²) in [7, 11) is 0. The van der Waals surface area contributed by atoms with Crippen LogP contribution in [0.25, 0.3) is 6.08 Å². The predicted octanol–water partition coefficient (Wildman–Crippen LogP) is 1.67. The molecule has 0 aromatic heterocycles. The Hall–Kier alpha value is -3.32. The number of carbonyl (C=O) groups is 3. The molecule has 0 unspecified atom stereocenters. The zero-order chi connectivity index (χ0) is 18.7. The van der Waals surface area contributed by atoms with E-state index < -0.39 is 17.7 Å². The van der Waals surface area contributed by atoms with E-state index in [0.29, 0.717) is 16.3 Å². The van der Waals surface area contributed by atoms with E-state index in [1.54, 1.807) is 36.4 Å². The number of nitrogens with two attached hydrogens (primary N) is 1. The molecular formula is C18H14ClN3O4. The maximum absolute atomic E-state index is 12.6. The Bertz CT molecular complexity index is 912. The van der Waals surface area contributed by atoms with E-state index in [0.717, 1.165) is 5.01 Å². The molecule has 1 aliphatic heterocycles. The summed E-state index contributed by atoms with van der Waals surface area (Å²) in [6.45, 7) is -0.339. The lowest BCUT2D eigenvalue weighted by Crippen LogP contribution is -2.35. The Labute approximate surface area is 154 Å². The summed E-state index contributed by atoms with van der Waals surface area (Å²) in [4.78, 5) is 35.8. The predicted molar refractivity (Wildman–Crippen MR) is 96.2 cm³/mol. The number of rotatable bonds is 5. The molecule has 3 amide bonds. The van der Waals surface area contributed by atoms with Crippen LogP contribution in [-0.2, 0) is 14.4 Å². The molecule has 0 atom stereocenters. The number of nitrogens with zero attached hydrogens (tertiary/aromatic N) is 1. The quantitative estimate of drug-likeness (QED) is 0.616. The zero-order valence-electron chi connectivity index (χ0n) is 13.4. The third kappa shape index (κ3) is 3.68. The van der Waals surface area contributed by atoms with Crippen LogP contribution in [0.15, 0.2) is 54.1 Å². The standard InChI is InChI=1S/C18H14ClN3O4/c19-12-6-7-15(26-10-16(20)23)11(8-12)9-14-17(24)21-22(18(14)25)13-4-2-1-3-5-13/h1-9H,10H2,(H2,20,23)(H,21,24). The van der Waals surface area contributed by atoms with Crippen LogP contribution in [-0.4, -0.2) is 24.3 Å². The number of hydrazine groups is 1. The first-order chi connectivity index (χ1) is 12.5. The number of anilines is 1. The molecule has 26 heavy (non-hydrogen) atoms. The van der Waals surface area contributed by atoms with Gasteiger partial charge in [-0.1, -0.05) is 29.8 Å². The van der Waals surface area contributed by atoms with Gasteiger partial charge >= 0.3 is 0 Å². The molecule has 132 valence electrons. The van der Waals surface area contributed by atoms with Crippen LogP contribution in [0.5, 0.6) is 5.75 Å². The van der Waals surface area contributed by atoms with Gasteiger partial charge in [0.2, 0.25) is 0 Å². The minimum absolute atomic E-state index is 0.0833. The zero-order valence-corrected chi connectivity index (χ0v) is 14.2. The lowest BCUT2D eigenvalue weighted by Gasteiger charge is -2.14. The van der Waals surface area contributed by atoms with Gasteiger partial charge in [0.15, 0.2) is 6.61 Å². The van der Waals surface area contributed by atoms with Crippen molar-refractivity contribution >= 4 is 41.1 Å². The molecule has 7 nitrogen and oxygen atoms in total. The monoisotopic (exact) mass is 371 g/mol. The van der Waals surface area contributed by atoms with E-state index in [9.17, 15) is 14.4 Å². The fraction of sp³-hybridized carbons (Fsp3) is 0.0556. The Kier molecular flexibility index (Phi) is 4.90. The van der Waals surface area contributed by atoms with Gasteiger partial charge in [-0.05, 0) is 36.4 Å². The molecule has 1 heterocycles. The lowest BCUT2D eigenvalue weighted by atomic mass is 10.1. The number of hydrogen-bond donors (Lipinski definition) is 2. The topological polar surface area (TPSA) is 102 Å². The molecule has 0 aliphatic carbocycles. The van der Waals surface area contributed by atoms with Crippen LogP contribution in [0.4, 0.5) is 5.69 Å². The molecule has 0 radical (unpaired) electrons. The number of nitrogens with one attached hydrogen (secondary N) is 1. The molecule has 8 heteroatoms. The van der Waals surface area contributed by atoms with Crippen LogP contribution in [0.1, 0.15) is 5.56 Å². The molecular weight excluding hydrogens is 358 g/mol. The van der Waals surface area contributed by atoms with Gasteiger partial charge in [-0.2, -0.15) is 0 Å². The highest BCUT2D eigenvalue weighted by Gasteiger charge is 2.34. The normalized spacial score (nSPS) is 15.3. The van der Waals surface area contributed by atoms with Gasteiger partial charge in [0, 0.05) is 10.6 Å². The Balaban J connectivity index is 1.94. The van der Waals surface area contributed by atoms with Crippen LogP contribution in [0.2, 0.25) is 5.02 Å². The second-order valence-corrected chi connectivity index (χ2v) is 5.85. The summed E-state index contributed by atoms with van der Waals surface area (Å²) in [5.74, 6) is -1.44. The van der Waals surface area contributed by atoms with Crippen molar-refractivity contribution in [2.75, 3.05) is 11.6 Å². The molecule has 3 rings (SSSR count). The third-order valence-electron chi connectivity index (χ3n) is 3.55. The number of hydrogen-bond acceptors (Lipinski definition) is 4. The Morgan fingerprint density at radius 1 is 1.19 bits per heavy atom. The minimum atomic E-state index is -0.650. The van der Waals surface area contributed by atoms with Crippen molar-refractivity contribution in [2.24, 2.45) is 5.73 Å². The second kappa shape index (κ2) is 7.28. The molecule has 1 saturated heterocycles. The van der Waals surface area contributed by atoms with Crippen LogP contribution < -0.4 is 20.9 Å². The van der Waals surface area contributed by atoms with Gasteiger partial charge in [-0.15, -0.1) is 0 Å². The highest BCUT2D eigenvalue weighted by molar-refractivity contribution is 6.32. The molecule has 0 bridgehead atoms. The molecule has 3 N–H and O–H groups in total. The average Bonchev–Trinajstić information content (AvgIpc) is 2.90. The van der Waals surface area contributed by atoms with Crippen molar-refractivity contribution in [3.8, 4) is 5.75 Å². The summed E-state index contributed by atoms with van der Waals surface area (Å²) >= 11 is 5.99. The SMILES string of the molecule is NC(=O)COc1ccc(Cl)cc1C=C1C(=O)NN(c2ccccc2)C1=O. The van der Waals surface area contributed by atoms with Crippen molar-refractivity contribution < 1.29 is 19.1 Å². The number of primary amides is 1. The molecule has 1 fully saturated rings. The van der Waals surface area contributed by atoms with Gasteiger partial charge in [-0.3, -0.25) is 19.8 Å². The molecule has 1 aliphatic rings. The van der Waals surface area contributed by atoms with Crippen molar-refractivity contribution in [2.45, 2.75) is 0 Å². The number of benzene rings is 2. The number of amides is 3. The molecule has 2 aromatic rings. The average molecular weight is 372 g/mol. The lowest BCUT2D eigenvalue weighted by molar-refractivity contribution is -0.120. The first-order valence-electron chi connectivity index (χ1n) is 7.58. The highest BCUT2D eigenvalue weighted by Crippen LogP contribution is 2.27. The smallest absolute Gasteiger partial charge is 0.282 e. The number of para-hydroxylation sites is 1. The fourth-order valence-electron chi connectivity index (χ4n) is 2.38. The van der Waals surface area contributed by atoms with Crippen LogP contribution in [0, 0.1) is 0 Å². The summed E-state index contributed by atoms with van der Waals surface area (Å²) in [6.07, 6.45) is 1.36. The Morgan fingerprint density at radius 3 is 2.62 bits per heavy atom. The first kappa shape index (κ1) is 17.5. The van der Waals surface area contributed by atoms with Gasteiger partial charge in [0.25, 0.3) is 17.7 Å². The van der Waals surface area contributed by atoms with E-state index in [1.165, 1.54) is 18.2 Å². The van der Waals surface area contributed by atoms with Crippen molar-refractivity contribution in [3.63, 3.8) is 0 Å². The van der Waals surface area contributed by atoms with E-state index in [2.05, 4.69) is 5.43 Å². The fourth-order valence-corrected chi connectivity index (χ4v) is 2.56. The molecule has 0 saturated carbocycles. The minimum Gasteiger partial charge on any atom is -0.483 e. The molecule has 2 aromatic carbocycles. The molecule has 0 spiro atoms. The maximum atomic E-state index is 12.6. The van der Waals surface area contributed by atoms with Crippen molar-refractivity contribution in [1.82, 2.24) is 5.43 Å². The largest absolute Gasteiger partial charge is 0.483 e.